The van der Waals surface area contributed by atoms with Crippen LogP contribution in [0.3, 0.4) is 0 Å². The zero-order valence-corrected chi connectivity index (χ0v) is 13.0. The molecule has 6 nitrogen and oxygen atoms in total. The van der Waals surface area contributed by atoms with Gasteiger partial charge in [-0.3, -0.25) is 0 Å². The highest BCUT2D eigenvalue weighted by Gasteiger charge is 2.27. The van der Waals surface area contributed by atoms with E-state index in [2.05, 4.69) is 27.5 Å². The van der Waals surface area contributed by atoms with E-state index in [4.69, 9.17) is 11.6 Å². The summed E-state index contributed by atoms with van der Waals surface area (Å²) in [5.74, 6) is 1.71. The SMILES string of the molecule is CCCNc1ncc(Cl)c(NCC2CCS(=O)(=O)C2)n1. The number of halogens is 1. The van der Waals surface area contributed by atoms with Gasteiger partial charge in [0, 0.05) is 13.1 Å². The summed E-state index contributed by atoms with van der Waals surface area (Å²) in [5.41, 5.74) is 0. The van der Waals surface area contributed by atoms with Crippen molar-refractivity contribution in [3.8, 4) is 0 Å². The molecule has 1 fully saturated rings. The Bertz CT molecular complexity index is 565. The lowest BCUT2D eigenvalue weighted by molar-refractivity contribution is 0.595. The van der Waals surface area contributed by atoms with E-state index in [9.17, 15) is 8.42 Å². The van der Waals surface area contributed by atoms with E-state index in [-0.39, 0.29) is 17.4 Å². The smallest absolute Gasteiger partial charge is 0.224 e. The van der Waals surface area contributed by atoms with E-state index in [1.807, 2.05) is 0 Å². The van der Waals surface area contributed by atoms with Crippen LogP contribution >= 0.6 is 11.6 Å². The van der Waals surface area contributed by atoms with Gasteiger partial charge >= 0.3 is 0 Å². The van der Waals surface area contributed by atoms with Crippen molar-refractivity contribution < 1.29 is 8.42 Å². The summed E-state index contributed by atoms with van der Waals surface area (Å²) in [6.45, 7) is 3.41. The van der Waals surface area contributed by atoms with Crippen molar-refractivity contribution in [1.29, 1.82) is 0 Å². The summed E-state index contributed by atoms with van der Waals surface area (Å²) >= 11 is 6.04. The molecule has 1 aliphatic rings. The molecule has 2 N–H and O–H groups in total. The second kappa shape index (κ2) is 6.58. The number of hydrogen-bond donors (Lipinski definition) is 2. The molecule has 0 spiro atoms. The van der Waals surface area contributed by atoms with E-state index in [1.54, 1.807) is 6.20 Å². The van der Waals surface area contributed by atoms with Crippen molar-refractivity contribution >= 4 is 33.2 Å². The molecule has 1 atom stereocenters. The van der Waals surface area contributed by atoms with Crippen LogP contribution < -0.4 is 10.6 Å². The van der Waals surface area contributed by atoms with Crippen LogP contribution in [-0.4, -0.2) is 43.0 Å². The average molecular weight is 319 g/mol. The number of hydrogen-bond acceptors (Lipinski definition) is 6. The predicted molar refractivity (Wildman–Crippen MR) is 81.1 cm³/mol. The van der Waals surface area contributed by atoms with E-state index < -0.39 is 9.84 Å². The Balaban J connectivity index is 1.95. The highest BCUT2D eigenvalue weighted by atomic mass is 35.5. The van der Waals surface area contributed by atoms with Crippen molar-refractivity contribution in [1.82, 2.24) is 9.97 Å². The first-order valence-corrected chi connectivity index (χ1v) is 8.91. The highest BCUT2D eigenvalue weighted by molar-refractivity contribution is 7.91. The van der Waals surface area contributed by atoms with Gasteiger partial charge in [0.2, 0.25) is 5.95 Å². The summed E-state index contributed by atoms with van der Waals surface area (Å²) in [4.78, 5) is 8.38. The lowest BCUT2D eigenvalue weighted by Gasteiger charge is -2.12. The third-order valence-corrected chi connectivity index (χ3v) is 5.28. The molecule has 8 heteroatoms. The summed E-state index contributed by atoms with van der Waals surface area (Å²) in [5, 5.41) is 6.65. The Hall–Kier alpha value is -1.08. The zero-order chi connectivity index (χ0) is 14.6. The largest absolute Gasteiger partial charge is 0.368 e. The first-order chi connectivity index (χ1) is 9.50. The van der Waals surface area contributed by atoms with Gasteiger partial charge in [0.15, 0.2) is 9.84 Å². The van der Waals surface area contributed by atoms with Gasteiger partial charge in [-0.25, -0.2) is 13.4 Å². The predicted octanol–water partition coefficient (Wildman–Crippen LogP) is 1.80. The zero-order valence-electron chi connectivity index (χ0n) is 11.4. The molecule has 0 radical (unpaired) electrons. The Morgan fingerprint density at radius 1 is 1.45 bits per heavy atom. The molecule has 0 aromatic carbocycles. The Morgan fingerprint density at radius 3 is 2.90 bits per heavy atom. The van der Waals surface area contributed by atoms with Gasteiger partial charge in [0.1, 0.15) is 10.8 Å². The van der Waals surface area contributed by atoms with Crippen LogP contribution in [0.2, 0.25) is 5.02 Å². The summed E-state index contributed by atoms with van der Waals surface area (Å²) in [6.07, 6.45) is 3.22. The second-order valence-electron chi connectivity index (χ2n) is 4.97. The van der Waals surface area contributed by atoms with Crippen LogP contribution in [0.1, 0.15) is 19.8 Å². The van der Waals surface area contributed by atoms with Crippen LogP contribution in [0.25, 0.3) is 0 Å². The molecule has 20 heavy (non-hydrogen) atoms. The molecule has 1 aliphatic heterocycles. The lowest BCUT2D eigenvalue weighted by Crippen LogP contribution is -2.17. The molecule has 112 valence electrons. The minimum atomic E-state index is -2.85. The summed E-state index contributed by atoms with van der Waals surface area (Å²) < 4.78 is 22.8. The number of nitrogens with one attached hydrogen (secondary N) is 2. The Kier molecular flexibility index (Phi) is 5.04. The Labute approximate surface area is 124 Å². The van der Waals surface area contributed by atoms with E-state index in [0.717, 1.165) is 13.0 Å². The van der Waals surface area contributed by atoms with Crippen LogP contribution in [0, 0.1) is 5.92 Å². The molecule has 1 saturated heterocycles. The second-order valence-corrected chi connectivity index (χ2v) is 7.60. The normalized spacial score (nSPS) is 20.8. The fourth-order valence-electron chi connectivity index (χ4n) is 2.09. The fraction of sp³-hybridized carbons (Fsp3) is 0.667. The molecule has 2 rings (SSSR count). The molecule has 0 bridgehead atoms. The summed E-state index contributed by atoms with van der Waals surface area (Å²) in [7, 11) is -2.85. The average Bonchev–Trinajstić information content (AvgIpc) is 2.76. The van der Waals surface area contributed by atoms with Gasteiger partial charge < -0.3 is 10.6 Å². The first-order valence-electron chi connectivity index (χ1n) is 6.71. The molecular weight excluding hydrogens is 300 g/mol. The van der Waals surface area contributed by atoms with Crippen molar-refractivity contribution in [2.75, 3.05) is 35.2 Å². The standard InChI is InChI=1S/C12H19ClN4O2S/c1-2-4-14-12-16-7-10(13)11(17-12)15-6-9-3-5-20(18,19)8-9/h7,9H,2-6,8H2,1H3,(H2,14,15,16,17). The van der Waals surface area contributed by atoms with Crippen LogP contribution in [-0.2, 0) is 9.84 Å². The first kappa shape index (κ1) is 15.3. The van der Waals surface area contributed by atoms with Gasteiger partial charge in [-0.1, -0.05) is 18.5 Å². The number of nitrogens with zero attached hydrogens (tertiary/aromatic N) is 2. The van der Waals surface area contributed by atoms with Crippen LogP contribution in [0.4, 0.5) is 11.8 Å². The molecule has 0 amide bonds. The van der Waals surface area contributed by atoms with Crippen LogP contribution in [0.5, 0.6) is 0 Å². The monoisotopic (exact) mass is 318 g/mol. The maximum Gasteiger partial charge on any atom is 0.224 e. The van der Waals surface area contributed by atoms with Gasteiger partial charge in [-0.15, -0.1) is 0 Å². The molecular formula is C12H19ClN4O2S. The number of sulfone groups is 1. The maximum absolute atomic E-state index is 11.4. The van der Waals surface area contributed by atoms with Crippen molar-refractivity contribution in [3.05, 3.63) is 11.2 Å². The molecule has 1 unspecified atom stereocenters. The quantitative estimate of drug-likeness (QED) is 0.832. The fourth-order valence-corrected chi connectivity index (χ4v) is 4.11. The van der Waals surface area contributed by atoms with Crippen molar-refractivity contribution in [3.63, 3.8) is 0 Å². The number of aromatic nitrogens is 2. The lowest BCUT2D eigenvalue weighted by atomic mass is 10.1. The molecule has 2 heterocycles. The highest BCUT2D eigenvalue weighted by Crippen LogP contribution is 2.22. The summed E-state index contributed by atoms with van der Waals surface area (Å²) in [6, 6.07) is 0. The van der Waals surface area contributed by atoms with Crippen LogP contribution in [0.15, 0.2) is 6.20 Å². The van der Waals surface area contributed by atoms with Gasteiger partial charge in [-0.2, -0.15) is 4.98 Å². The van der Waals surface area contributed by atoms with Gasteiger partial charge in [0.05, 0.1) is 17.7 Å². The molecule has 1 aromatic heterocycles. The third kappa shape index (κ3) is 4.21. The third-order valence-electron chi connectivity index (χ3n) is 3.16. The topological polar surface area (TPSA) is 84.0 Å². The Morgan fingerprint density at radius 2 is 2.25 bits per heavy atom. The number of anilines is 2. The van der Waals surface area contributed by atoms with Crippen molar-refractivity contribution in [2.24, 2.45) is 5.92 Å². The van der Waals surface area contributed by atoms with Gasteiger partial charge in [0.25, 0.3) is 0 Å². The molecule has 0 saturated carbocycles. The van der Waals surface area contributed by atoms with E-state index >= 15 is 0 Å². The van der Waals surface area contributed by atoms with Gasteiger partial charge in [-0.05, 0) is 18.8 Å². The maximum atomic E-state index is 11.4. The number of rotatable bonds is 6. The van der Waals surface area contributed by atoms with Crippen molar-refractivity contribution in [2.45, 2.75) is 19.8 Å². The molecule has 0 aliphatic carbocycles. The minimum absolute atomic E-state index is 0.123. The van der Waals surface area contributed by atoms with E-state index in [0.29, 0.717) is 29.8 Å². The molecule has 1 aromatic rings. The minimum Gasteiger partial charge on any atom is -0.368 e. The van der Waals surface area contributed by atoms with E-state index in [1.165, 1.54) is 0 Å².